The van der Waals surface area contributed by atoms with Crippen LogP contribution in [0.15, 0.2) is 24.3 Å². The van der Waals surface area contributed by atoms with Gasteiger partial charge in [-0.15, -0.1) is 0 Å². The van der Waals surface area contributed by atoms with Gasteiger partial charge in [-0.1, -0.05) is 12.1 Å². The number of benzene rings is 1. The highest BCUT2D eigenvalue weighted by Crippen LogP contribution is 2.26. The fourth-order valence-corrected chi connectivity index (χ4v) is 2.90. The molecule has 4 heteroatoms. The number of nitrogen functional groups attached to an aromatic ring is 1. The molecule has 0 radical (unpaired) electrons. The van der Waals surface area contributed by atoms with Crippen LogP contribution in [0.2, 0.25) is 0 Å². The van der Waals surface area contributed by atoms with E-state index in [0.29, 0.717) is 0 Å². The summed E-state index contributed by atoms with van der Waals surface area (Å²) in [5.41, 5.74) is 6.94. The Labute approximate surface area is 127 Å². The number of hydrogen-bond acceptors (Lipinski definition) is 3. The second kappa shape index (κ2) is 6.48. The van der Waals surface area contributed by atoms with E-state index in [9.17, 15) is 4.79 Å². The third-order valence-corrected chi connectivity index (χ3v) is 4.46. The van der Waals surface area contributed by atoms with Crippen molar-refractivity contribution in [1.29, 1.82) is 0 Å². The third-order valence-electron chi connectivity index (χ3n) is 4.46. The van der Waals surface area contributed by atoms with Crippen LogP contribution in [0.3, 0.4) is 0 Å². The monoisotopic (exact) mass is 289 g/mol. The van der Waals surface area contributed by atoms with Crippen molar-refractivity contribution in [2.24, 2.45) is 0 Å². The van der Waals surface area contributed by atoms with Gasteiger partial charge in [-0.2, -0.15) is 0 Å². The summed E-state index contributed by atoms with van der Waals surface area (Å²) in [6.07, 6.45) is 2.57. The smallest absolute Gasteiger partial charge is 0.232 e. The number of nitrogens with zero attached hydrogens (tertiary/aromatic N) is 2. The maximum atomic E-state index is 12.7. The molecular formula is C17H27N3O. The Bertz CT molecular complexity index is 475. The van der Waals surface area contributed by atoms with Crippen molar-refractivity contribution in [2.45, 2.75) is 32.1 Å². The van der Waals surface area contributed by atoms with Crippen molar-refractivity contribution in [3.63, 3.8) is 0 Å². The molecule has 116 valence electrons. The molecule has 21 heavy (non-hydrogen) atoms. The number of hydrogen-bond donors (Lipinski definition) is 1. The summed E-state index contributed by atoms with van der Waals surface area (Å²) in [6.45, 7) is 8.06. The first kappa shape index (κ1) is 15.8. The minimum absolute atomic E-state index is 0.159. The van der Waals surface area contributed by atoms with Crippen molar-refractivity contribution in [3.05, 3.63) is 29.8 Å². The van der Waals surface area contributed by atoms with Crippen molar-refractivity contribution >= 4 is 11.6 Å². The van der Waals surface area contributed by atoms with Crippen molar-refractivity contribution in [1.82, 2.24) is 9.80 Å². The molecule has 1 aromatic rings. The summed E-state index contributed by atoms with van der Waals surface area (Å²) >= 11 is 0. The second-order valence-corrected chi connectivity index (χ2v) is 6.52. The minimum Gasteiger partial charge on any atom is -0.399 e. The Hall–Kier alpha value is -1.55. The van der Waals surface area contributed by atoms with E-state index in [1.165, 1.54) is 25.9 Å². The normalized spacial score (nSPS) is 16.1. The largest absolute Gasteiger partial charge is 0.399 e. The number of carbonyl (C=O) groups is 1. The summed E-state index contributed by atoms with van der Waals surface area (Å²) in [5.74, 6) is 0.159. The minimum atomic E-state index is -0.520. The molecule has 2 N–H and O–H groups in total. The molecule has 1 heterocycles. The molecule has 1 aliphatic rings. The topological polar surface area (TPSA) is 49.6 Å². The number of rotatable bonds is 5. The second-order valence-electron chi connectivity index (χ2n) is 6.52. The van der Waals surface area contributed by atoms with Crippen molar-refractivity contribution in [3.8, 4) is 0 Å². The quantitative estimate of drug-likeness (QED) is 0.845. The van der Waals surface area contributed by atoms with Gasteiger partial charge in [0.25, 0.3) is 0 Å². The van der Waals surface area contributed by atoms with Crippen LogP contribution in [-0.2, 0) is 10.2 Å². The summed E-state index contributed by atoms with van der Waals surface area (Å²) in [6, 6.07) is 7.60. The summed E-state index contributed by atoms with van der Waals surface area (Å²) < 4.78 is 0. The zero-order valence-electron chi connectivity index (χ0n) is 13.4. The molecule has 0 saturated carbocycles. The molecule has 1 aromatic carbocycles. The van der Waals surface area contributed by atoms with Crippen LogP contribution < -0.4 is 5.73 Å². The van der Waals surface area contributed by atoms with Crippen LogP contribution in [-0.4, -0.2) is 48.9 Å². The lowest BCUT2D eigenvalue weighted by Gasteiger charge is -2.31. The van der Waals surface area contributed by atoms with Gasteiger partial charge in [0.05, 0.1) is 5.41 Å². The highest BCUT2D eigenvalue weighted by atomic mass is 16.2. The van der Waals surface area contributed by atoms with E-state index in [-0.39, 0.29) is 5.91 Å². The molecule has 0 atom stereocenters. The number of amides is 1. The average molecular weight is 289 g/mol. The van der Waals surface area contributed by atoms with E-state index in [1.807, 2.05) is 50.1 Å². The van der Waals surface area contributed by atoms with Crippen LogP contribution in [0.25, 0.3) is 0 Å². The Kier molecular flexibility index (Phi) is 4.88. The SMILES string of the molecule is CN(CCN1CCCC1)C(=O)C(C)(C)c1ccc(N)cc1. The van der Waals surface area contributed by atoms with E-state index in [0.717, 1.165) is 24.3 Å². The first-order valence-electron chi connectivity index (χ1n) is 7.75. The number of carbonyl (C=O) groups excluding carboxylic acids is 1. The fourth-order valence-electron chi connectivity index (χ4n) is 2.90. The molecule has 0 aliphatic carbocycles. The van der Waals surface area contributed by atoms with Gasteiger partial charge in [0, 0.05) is 25.8 Å². The summed E-state index contributed by atoms with van der Waals surface area (Å²) in [5, 5.41) is 0. The summed E-state index contributed by atoms with van der Waals surface area (Å²) in [4.78, 5) is 17.0. The third kappa shape index (κ3) is 3.76. The van der Waals surface area contributed by atoms with Gasteiger partial charge in [0.15, 0.2) is 0 Å². The number of likely N-dealkylation sites (N-methyl/N-ethyl adjacent to an activating group) is 1. The molecular weight excluding hydrogens is 262 g/mol. The molecule has 1 amide bonds. The zero-order chi connectivity index (χ0) is 15.5. The lowest BCUT2D eigenvalue weighted by molar-refractivity contribution is -0.135. The predicted molar refractivity (Wildman–Crippen MR) is 87.2 cm³/mol. The maximum Gasteiger partial charge on any atom is 0.232 e. The highest BCUT2D eigenvalue weighted by molar-refractivity contribution is 5.87. The van der Waals surface area contributed by atoms with Crippen LogP contribution >= 0.6 is 0 Å². The molecule has 1 fully saturated rings. The van der Waals surface area contributed by atoms with Gasteiger partial charge in [-0.25, -0.2) is 0 Å². The Morgan fingerprint density at radius 2 is 1.81 bits per heavy atom. The van der Waals surface area contributed by atoms with Gasteiger partial charge in [-0.05, 0) is 57.5 Å². The number of anilines is 1. The van der Waals surface area contributed by atoms with Crippen LogP contribution in [0, 0.1) is 0 Å². The first-order chi connectivity index (χ1) is 9.91. The van der Waals surface area contributed by atoms with Crippen LogP contribution in [0.4, 0.5) is 5.69 Å². The molecule has 1 saturated heterocycles. The van der Waals surface area contributed by atoms with E-state index in [2.05, 4.69) is 4.90 Å². The van der Waals surface area contributed by atoms with Gasteiger partial charge in [0.2, 0.25) is 5.91 Å². The molecule has 0 bridgehead atoms. The van der Waals surface area contributed by atoms with Gasteiger partial charge >= 0.3 is 0 Å². The molecule has 0 aromatic heterocycles. The fraction of sp³-hybridized carbons (Fsp3) is 0.588. The molecule has 0 spiro atoms. The highest BCUT2D eigenvalue weighted by Gasteiger charge is 2.32. The van der Waals surface area contributed by atoms with Gasteiger partial charge < -0.3 is 15.5 Å². The van der Waals surface area contributed by atoms with E-state index in [4.69, 9.17) is 5.73 Å². The Balaban J connectivity index is 1.97. The zero-order valence-corrected chi connectivity index (χ0v) is 13.4. The standard InChI is InChI=1S/C17H27N3O/c1-17(2,14-6-8-15(18)9-7-14)16(21)19(3)12-13-20-10-4-5-11-20/h6-9H,4-5,10-13,18H2,1-3H3. The Morgan fingerprint density at radius 3 is 2.38 bits per heavy atom. The molecule has 2 rings (SSSR count). The van der Waals surface area contributed by atoms with Gasteiger partial charge in [0.1, 0.15) is 0 Å². The Morgan fingerprint density at radius 1 is 1.24 bits per heavy atom. The maximum absolute atomic E-state index is 12.7. The number of nitrogens with two attached hydrogens (primary N) is 1. The number of likely N-dealkylation sites (tertiary alicyclic amines) is 1. The lowest BCUT2D eigenvalue weighted by Crippen LogP contribution is -2.44. The predicted octanol–water partition coefficient (Wildman–Crippen LogP) is 2.10. The molecule has 0 unspecified atom stereocenters. The first-order valence-corrected chi connectivity index (χ1v) is 7.75. The molecule has 1 aliphatic heterocycles. The van der Waals surface area contributed by atoms with Crippen molar-refractivity contribution in [2.75, 3.05) is 39.0 Å². The lowest BCUT2D eigenvalue weighted by atomic mass is 9.83. The molecule has 4 nitrogen and oxygen atoms in total. The summed E-state index contributed by atoms with van der Waals surface area (Å²) in [7, 11) is 1.90. The van der Waals surface area contributed by atoms with Gasteiger partial charge in [-0.3, -0.25) is 4.79 Å². The van der Waals surface area contributed by atoms with E-state index in [1.54, 1.807) is 0 Å². The average Bonchev–Trinajstić information content (AvgIpc) is 2.97. The van der Waals surface area contributed by atoms with Crippen molar-refractivity contribution < 1.29 is 4.79 Å². The van der Waals surface area contributed by atoms with Crippen LogP contribution in [0.1, 0.15) is 32.3 Å². The van der Waals surface area contributed by atoms with E-state index >= 15 is 0 Å². The van der Waals surface area contributed by atoms with Crippen LogP contribution in [0.5, 0.6) is 0 Å². The van der Waals surface area contributed by atoms with E-state index < -0.39 is 5.41 Å².